The molecule has 0 saturated heterocycles. The number of fused-ring (bicyclic) bond motifs is 5. The quantitative estimate of drug-likeness (QED) is 0.216. The smallest absolute Gasteiger partial charge is 0.358 e. The fourth-order valence-corrected chi connectivity index (χ4v) is 11.2. The first-order valence-corrected chi connectivity index (χ1v) is 16.9. The van der Waals surface area contributed by atoms with Gasteiger partial charge in [0.25, 0.3) is 0 Å². The molecule has 0 aromatic heterocycles. The summed E-state index contributed by atoms with van der Waals surface area (Å²) in [5.41, 5.74) is 1.94. The maximum absolute atomic E-state index is 12.5. The van der Waals surface area contributed by atoms with Crippen molar-refractivity contribution in [2.75, 3.05) is 20.6 Å². The first-order chi connectivity index (χ1) is 17.1. The van der Waals surface area contributed by atoms with E-state index < -0.39 is 18.9 Å². The van der Waals surface area contributed by atoms with E-state index in [1.807, 2.05) is 0 Å². The fourth-order valence-electron chi connectivity index (χ4n) is 10.0. The van der Waals surface area contributed by atoms with Crippen molar-refractivity contribution in [2.45, 2.75) is 111 Å². The van der Waals surface area contributed by atoms with Gasteiger partial charge in [-0.05, 0) is 112 Å². The summed E-state index contributed by atoms with van der Waals surface area (Å²) in [5, 5.41) is 9.37. The molecule has 3 N–H and O–H groups in total. The van der Waals surface area contributed by atoms with Gasteiger partial charge < -0.3 is 19.8 Å². The molecule has 5 nitrogen and oxygen atoms in total. The highest BCUT2D eigenvalue weighted by Crippen LogP contribution is 2.69. The van der Waals surface area contributed by atoms with E-state index in [1.54, 1.807) is 19.0 Å². The number of hydrogen-bond donors (Lipinski definition) is 3. The fraction of sp³-hybridized carbons (Fsp3) is 0.935. The average molecular weight is 538 g/mol. The van der Waals surface area contributed by atoms with Gasteiger partial charge in [-0.2, -0.15) is 0 Å². The van der Waals surface area contributed by atoms with E-state index in [-0.39, 0.29) is 12.0 Å². The molecule has 3 saturated carbocycles. The summed E-state index contributed by atoms with van der Waals surface area (Å²) < 4.78 is 12.5. The third kappa shape index (κ3) is 5.31. The van der Waals surface area contributed by atoms with Gasteiger partial charge in [-0.1, -0.05) is 65.5 Å². The monoisotopic (exact) mass is 537 g/mol. The lowest BCUT2D eigenvalue weighted by molar-refractivity contribution is -0.0640. The molecule has 0 spiro atoms. The van der Waals surface area contributed by atoms with Crippen LogP contribution < -0.4 is 0 Å². The molecule has 6 unspecified atom stereocenters. The van der Waals surface area contributed by atoms with Crippen molar-refractivity contribution in [3.05, 3.63) is 11.6 Å². The molecule has 0 aromatic rings. The van der Waals surface area contributed by atoms with Gasteiger partial charge in [0, 0.05) is 12.5 Å². The van der Waals surface area contributed by atoms with Crippen LogP contribution in [0.5, 0.6) is 0 Å². The summed E-state index contributed by atoms with van der Waals surface area (Å²) in [6, 6.07) is 0. The van der Waals surface area contributed by atoms with Crippen LogP contribution in [0.15, 0.2) is 11.6 Å². The van der Waals surface area contributed by atoms with Crippen molar-refractivity contribution in [3.8, 4) is 0 Å². The molecular formula is C31H56NO4P. The highest BCUT2D eigenvalue weighted by molar-refractivity contribution is 7.53. The summed E-state index contributed by atoms with van der Waals surface area (Å²) in [6.07, 6.45) is 15.3. The molecule has 0 aliphatic heterocycles. The third-order valence-corrected chi connectivity index (χ3v) is 13.5. The number of hydrogen-bond acceptors (Lipinski definition) is 3. The summed E-state index contributed by atoms with van der Waals surface area (Å²) in [5.74, 6) is 4.27. The van der Waals surface area contributed by atoms with E-state index in [9.17, 15) is 19.5 Å². The molecule has 0 radical (unpaired) electrons. The number of nitrogens with zero attached hydrogens (tertiary/aromatic N) is 1. The molecule has 0 amide bonds. The molecule has 6 heteroatoms. The lowest BCUT2D eigenvalue weighted by atomic mass is 9.46. The van der Waals surface area contributed by atoms with Crippen LogP contribution in [0, 0.1) is 52.3 Å². The molecule has 9 atom stereocenters. The van der Waals surface area contributed by atoms with Gasteiger partial charge in [0.1, 0.15) is 0 Å². The Balaban J connectivity index is 1.51. The number of likely N-dealkylation sites (N-methyl/N-ethyl adjacent to an activating group) is 1. The first kappa shape index (κ1) is 29.8. The lowest BCUT2D eigenvalue weighted by Crippen LogP contribution is -2.53. The molecule has 214 valence electrons. The highest BCUT2D eigenvalue weighted by Gasteiger charge is 2.61. The van der Waals surface area contributed by atoms with Crippen LogP contribution in [0.2, 0.25) is 0 Å². The Bertz CT molecular complexity index is 898. The normalized spacial score (nSPS) is 40.5. The van der Waals surface area contributed by atoms with E-state index >= 15 is 0 Å². The maximum Gasteiger partial charge on any atom is 0.358 e. The maximum atomic E-state index is 12.5. The van der Waals surface area contributed by atoms with Crippen LogP contribution >= 0.6 is 7.60 Å². The van der Waals surface area contributed by atoms with Gasteiger partial charge in [0.15, 0.2) is 5.34 Å². The lowest BCUT2D eigenvalue weighted by Gasteiger charge is -2.59. The Hall–Kier alpha value is -0.190. The summed E-state index contributed by atoms with van der Waals surface area (Å²) in [7, 11) is -1.13. The zero-order valence-electron chi connectivity index (χ0n) is 24.7. The number of rotatable bonds is 9. The second kappa shape index (κ2) is 10.7. The van der Waals surface area contributed by atoms with Crippen LogP contribution in [-0.4, -0.2) is 45.8 Å². The molecule has 4 aliphatic rings. The van der Waals surface area contributed by atoms with Gasteiger partial charge >= 0.3 is 7.60 Å². The van der Waals surface area contributed by atoms with Gasteiger partial charge in [-0.25, -0.2) is 0 Å². The van der Waals surface area contributed by atoms with Gasteiger partial charge in [0.05, 0.1) is 0 Å². The minimum Gasteiger partial charge on any atom is -0.376 e. The van der Waals surface area contributed by atoms with Crippen molar-refractivity contribution in [2.24, 2.45) is 52.3 Å². The Labute approximate surface area is 227 Å². The van der Waals surface area contributed by atoms with Crippen molar-refractivity contribution >= 4 is 7.60 Å². The van der Waals surface area contributed by atoms with Crippen LogP contribution in [0.25, 0.3) is 0 Å². The molecule has 0 bridgehead atoms. The van der Waals surface area contributed by atoms with Crippen LogP contribution in [0.4, 0.5) is 0 Å². The Morgan fingerprint density at radius 1 is 1.05 bits per heavy atom. The zero-order chi connectivity index (χ0) is 27.4. The molecule has 4 rings (SSSR count). The predicted octanol–water partition coefficient (Wildman–Crippen LogP) is 7.07. The van der Waals surface area contributed by atoms with E-state index in [0.717, 1.165) is 42.4 Å². The minimum atomic E-state index is -4.68. The summed E-state index contributed by atoms with van der Waals surface area (Å²) in [6.45, 7) is 12.3. The Morgan fingerprint density at radius 2 is 1.76 bits per heavy atom. The van der Waals surface area contributed by atoms with E-state index in [4.69, 9.17) is 0 Å². The molecular weight excluding hydrogens is 481 g/mol. The second-order valence-corrected chi connectivity index (χ2v) is 16.8. The Kier molecular flexibility index (Phi) is 8.58. The molecule has 3 fully saturated rings. The molecule has 0 heterocycles. The van der Waals surface area contributed by atoms with Crippen molar-refractivity contribution in [1.29, 1.82) is 0 Å². The number of aliphatic hydroxyl groups is 1. The summed E-state index contributed by atoms with van der Waals surface area (Å²) in [4.78, 5) is 22.1. The first-order valence-electron chi connectivity index (χ1n) is 15.3. The second-order valence-electron chi connectivity index (χ2n) is 14.9. The zero-order valence-corrected chi connectivity index (χ0v) is 25.6. The van der Waals surface area contributed by atoms with Crippen molar-refractivity contribution < 1.29 is 19.5 Å². The van der Waals surface area contributed by atoms with Crippen LogP contribution in [-0.2, 0) is 4.57 Å². The van der Waals surface area contributed by atoms with Crippen LogP contribution in [0.1, 0.15) is 105 Å². The van der Waals surface area contributed by atoms with E-state index in [0.29, 0.717) is 24.2 Å². The SMILES string of the molecule is CC(C)CCC[C@@H](C)C1CCC2C3CC=C4CC(C(O)(CN(C)C)P(=O)(O)O)CC[C@]4(C)C3CC[C@@]21C. The van der Waals surface area contributed by atoms with Gasteiger partial charge in [-0.15, -0.1) is 0 Å². The number of allylic oxidation sites excluding steroid dienone is 2. The Morgan fingerprint density at radius 3 is 2.38 bits per heavy atom. The van der Waals surface area contributed by atoms with E-state index in [2.05, 4.69) is 40.7 Å². The van der Waals surface area contributed by atoms with Gasteiger partial charge in [-0.3, -0.25) is 4.57 Å². The highest BCUT2D eigenvalue weighted by atomic mass is 31.2. The standard InChI is InChI=1S/C31H56NO4P/c1-21(2)9-8-10-22(3)26-13-14-27-25-12-11-23-19-24(31(33,20-32(6)7)37(34,35)36)15-17-29(23,4)28(25)16-18-30(26,27)5/h11,21-22,24-28,33H,8-10,12-20H2,1-7H3,(H2,34,35,36)/t22-,24?,25?,26?,27?,28?,29+,30-,31?/m1/s1. The van der Waals surface area contributed by atoms with Crippen molar-refractivity contribution in [3.63, 3.8) is 0 Å². The van der Waals surface area contributed by atoms with Crippen LogP contribution in [0.3, 0.4) is 0 Å². The predicted molar refractivity (Wildman–Crippen MR) is 152 cm³/mol. The minimum absolute atomic E-state index is 0.00480. The largest absolute Gasteiger partial charge is 0.376 e. The molecule has 4 aliphatic carbocycles. The summed E-state index contributed by atoms with van der Waals surface area (Å²) >= 11 is 0. The average Bonchev–Trinajstić information content (AvgIpc) is 3.14. The van der Waals surface area contributed by atoms with Crippen molar-refractivity contribution in [1.82, 2.24) is 4.90 Å². The molecule has 0 aromatic carbocycles. The van der Waals surface area contributed by atoms with E-state index in [1.165, 1.54) is 50.5 Å². The van der Waals surface area contributed by atoms with Gasteiger partial charge in [0.2, 0.25) is 0 Å². The topological polar surface area (TPSA) is 81.0 Å². The molecule has 37 heavy (non-hydrogen) atoms. The third-order valence-electron chi connectivity index (χ3n) is 12.0.